The molecular weight excluding hydrogens is 192 g/mol. The van der Waals surface area contributed by atoms with Crippen LogP contribution in [0.3, 0.4) is 0 Å². The molecule has 2 N–H and O–H groups in total. The molecule has 5 nitrogen and oxygen atoms in total. The average molecular weight is 210 g/mol. The van der Waals surface area contributed by atoms with Crippen molar-refractivity contribution in [1.82, 2.24) is 9.97 Å². The van der Waals surface area contributed by atoms with Gasteiger partial charge in [-0.15, -0.1) is 0 Å². The van der Waals surface area contributed by atoms with Gasteiger partial charge in [0, 0.05) is 25.8 Å². The van der Waals surface area contributed by atoms with Gasteiger partial charge in [0.25, 0.3) is 0 Å². The second kappa shape index (κ2) is 6.19. The molecule has 0 bridgehead atoms. The van der Waals surface area contributed by atoms with Crippen LogP contribution < -0.4 is 10.6 Å². The lowest BCUT2D eigenvalue weighted by atomic mass is 10.4. The van der Waals surface area contributed by atoms with Gasteiger partial charge < -0.3 is 15.4 Å². The SMILES string of the molecule is COCCNc1cc(NC(C)C)ncn1. The number of hydrogen-bond acceptors (Lipinski definition) is 5. The Hall–Kier alpha value is -1.36. The lowest BCUT2D eigenvalue weighted by molar-refractivity contribution is 0.210. The number of hydrogen-bond donors (Lipinski definition) is 2. The third kappa shape index (κ3) is 4.60. The van der Waals surface area contributed by atoms with E-state index < -0.39 is 0 Å². The van der Waals surface area contributed by atoms with Crippen LogP contribution in [0.15, 0.2) is 12.4 Å². The summed E-state index contributed by atoms with van der Waals surface area (Å²) in [5.41, 5.74) is 0. The quantitative estimate of drug-likeness (QED) is 0.694. The summed E-state index contributed by atoms with van der Waals surface area (Å²) in [5.74, 6) is 1.64. The maximum absolute atomic E-state index is 4.94. The van der Waals surface area contributed by atoms with Crippen molar-refractivity contribution in [2.24, 2.45) is 0 Å². The van der Waals surface area contributed by atoms with Gasteiger partial charge in [-0.2, -0.15) is 0 Å². The molecule has 15 heavy (non-hydrogen) atoms. The third-order valence-electron chi connectivity index (χ3n) is 1.72. The zero-order valence-corrected chi connectivity index (χ0v) is 9.45. The molecule has 0 amide bonds. The first-order valence-corrected chi connectivity index (χ1v) is 5.03. The molecule has 0 saturated carbocycles. The van der Waals surface area contributed by atoms with Crippen LogP contribution >= 0.6 is 0 Å². The van der Waals surface area contributed by atoms with E-state index >= 15 is 0 Å². The Morgan fingerprint density at radius 3 is 2.73 bits per heavy atom. The maximum Gasteiger partial charge on any atom is 0.131 e. The van der Waals surface area contributed by atoms with E-state index in [4.69, 9.17) is 4.74 Å². The van der Waals surface area contributed by atoms with Crippen LogP contribution in [0.5, 0.6) is 0 Å². The largest absolute Gasteiger partial charge is 0.383 e. The number of nitrogens with zero attached hydrogens (tertiary/aromatic N) is 2. The minimum atomic E-state index is 0.367. The molecular formula is C10H18N4O. The monoisotopic (exact) mass is 210 g/mol. The molecule has 0 aliphatic carbocycles. The van der Waals surface area contributed by atoms with Crippen molar-refractivity contribution in [3.8, 4) is 0 Å². The summed E-state index contributed by atoms with van der Waals surface area (Å²) in [6, 6.07) is 2.25. The average Bonchev–Trinajstić information content (AvgIpc) is 2.18. The highest BCUT2D eigenvalue weighted by Crippen LogP contribution is 2.08. The molecule has 0 radical (unpaired) electrons. The second-order valence-corrected chi connectivity index (χ2v) is 3.51. The van der Waals surface area contributed by atoms with Crippen LogP contribution in [0.1, 0.15) is 13.8 Å². The molecule has 5 heteroatoms. The lowest BCUT2D eigenvalue weighted by Crippen LogP contribution is -2.13. The Balaban J connectivity index is 2.50. The Kier molecular flexibility index (Phi) is 4.83. The Morgan fingerprint density at radius 2 is 2.07 bits per heavy atom. The second-order valence-electron chi connectivity index (χ2n) is 3.51. The van der Waals surface area contributed by atoms with Crippen molar-refractivity contribution in [3.63, 3.8) is 0 Å². The van der Waals surface area contributed by atoms with E-state index in [1.54, 1.807) is 13.4 Å². The molecule has 1 rings (SSSR count). The zero-order chi connectivity index (χ0) is 11.1. The van der Waals surface area contributed by atoms with Gasteiger partial charge in [0.05, 0.1) is 6.61 Å². The van der Waals surface area contributed by atoms with Gasteiger partial charge in [-0.1, -0.05) is 0 Å². The molecule has 0 saturated heterocycles. The molecule has 0 atom stereocenters. The first-order valence-electron chi connectivity index (χ1n) is 5.03. The van der Waals surface area contributed by atoms with E-state index in [2.05, 4.69) is 34.4 Å². The standard InChI is InChI=1S/C10H18N4O/c1-8(2)14-10-6-9(12-7-13-10)11-4-5-15-3/h6-8H,4-5H2,1-3H3,(H2,11,12,13,14). The third-order valence-corrected chi connectivity index (χ3v) is 1.72. The molecule has 1 aromatic rings. The highest BCUT2D eigenvalue weighted by atomic mass is 16.5. The Labute approximate surface area is 90.3 Å². The van der Waals surface area contributed by atoms with Crippen molar-refractivity contribution in [2.75, 3.05) is 30.9 Å². The van der Waals surface area contributed by atoms with Crippen molar-refractivity contribution in [3.05, 3.63) is 12.4 Å². The number of anilines is 2. The molecule has 0 aliphatic rings. The van der Waals surface area contributed by atoms with Gasteiger partial charge in [0.15, 0.2) is 0 Å². The van der Waals surface area contributed by atoms with Gasteiger partial charge in [0.2, 0.25) is 0 Å². The topological polar surface area (TPSA) is 59.1 Å². The van der Waals surface area contributed by atoms with Gasteiger partial charge in [-0.25, -0.2) is 9.97 Å². The van der Waals surface area contributed by atoms with Crippen molar-refractivity contribution >= 4 is 11.6 Å². The smallest absolute Gasteiger partial charge is 0.131 e. The van der Waals surface area contributed by atoms with Gasteiger partial charge in [0.1, 0.15) is 18.0 Å². The fourth-order valence-electron chi connectivity index (χ4n) is 1.11. The van der Waals surface area contributed by atoms with Gasteiger partial charge in [-0.3, -0.25) is 0 Å². The summed E-state index contributed by atoms with van der Waals surface area (Å²) in [5, 5.41) is 6.36. The van der Waals surface area contributed by atoms with E-state index in [1.807, 2.05) is 6.07 Å². The van der Waals surface area contributed by atoms with Crippen molar-refractivity contribution in [2.45, 2.75) is 19.9 Å². The van der Waals surface area contributed by atoms with Gasteiger partial charge >= 0.3 is 0 Å². The van der Waals surface area contributed by atoms with Crippen molar-refractivity contribution < 1.29 is 4.74 Å². The molecule has 0 fully saturated rings. The lowest BCUT2D eigenvalue weighted by Gasteiger charge is -2.10. The number of nitrogens with one attached hydrogen (secondary N) is 2. The van der Waals surface area contributed by atoms with E-state index in [-0.39, 0.29) is 0 Å². The summed E-state index contributed by atoms with van der Waals surface area (Å²) < 4.78 is 4.94. The van der Waals surface area contributed by atoms with Crippen LogP contribution in [0.4, 0.5) is 11.6 Å². The summed E-state index contributed by atoms with van der Waals surface area (Å²) in [7, 11) is 1.67. The first kappa shape index (κ1) is 11.7. The number of ether oxygens (including phenoxy) is 1. The van der Waals surface area contributed by atoms with Crippen molar-refractivity contribution in [1.29, 1.82) is 0 Å². The Morgan fingerprint density at radius 1 is 1.33 bits per heavy atom. The molecule has 0 aliphatic heterocycles. The summed E-state index contributed by atoms with van der Waals surface area (Å²) >= 11 is 0. The predicted molar refractivity (Wildman–Crippen MR) is 61.2 cm³/mol. The van der Waals surface area contributed by atoms with Crippen LogP contribution in [0, 0.1) is 0 Å². The minimum absolute atomic E-state index is 0.367. The molecule has 1 heterocycles. The maximum atomic E-state index is 4.94. The Bertz CT molecular complexity index is 291. The minimum Gasteiger partial charge on any atom is -0.383 e. The summed E-state index contributed by atoms with van der Waals surface area (Å²) in [6.07, 6.45) is 1.54. The van der Waals surface area contributed by atoms with E-state index in [0.29, 0.717) is 12.6 Å². The molecule has 1 aromatic heterocycles. The first-order chi connectivity index (χ1) is 7.22. The molecule has 84 valence electrons. The van der Waals surface area contributed by atoms with E-state index in [0.717, 1.165) is 18.2 Å². The normalized spacial score (nSPS) is 10.4. The van der Waals surface area contributed by atoms with E-state index in [1.165, 1.54) is 0 Å². The zero-order valence-electron chi connectivity index (χ0n) is 9.45. The summed E-state index contributed by atoms with van der Waals surface area (Å²) in [6.45, 7) is 5.55. The molecule has 0 spiro atoms. The number of methoxy groups -OCH3 is 1. The molecule has 0 aromatic carbocycles. The number of aromatic nitrogens is 2. The highest BCUT2D eigenvalue weighted by molar-refractivity contribution is 5.46. The van der Waals surface area contributed by atoms with Crippen LogP contribution in [-0.2, 0) is 4.74 Å². The fourth-order valence-corrected chi connectivity index (χ4v) is 1.11. The van der Waals surface area contributed by atoms with E-state index in [9.17, 15) is 0 Å². The van der Waals surface area contributed by atoms with Crippen LogP contribution in [0.2, 0.25) is 0 Å². The van der Waals surface area contributed by atoms with Gasteiger partial charge in [-0.05, 0) is 13.8 Å². The van der Waals surface area contributed by atoms with Crippen LogP contribution in [0.25, 0.3) is 0 Å². The predicted octanol–water partition coefficient (Wildman–Crippen LogP) is 1.36. The molecule has 0 unspecified atom stereocenters. The number of rotatable bonds is 6. The summed E-state index contributed by atoms with van der Waals surface area (Å²) in [4.78, 5) is 8.22. The van der Waals surface area contributed by atoms with Crippen LogP contribution in [-0.4, -0.2) is 36.3 Å². The fraction of sp³-hybridized carbons (Fsp3) is 0.600. The highest BCUT2D eigenvalue weighted by Gasteiger charge is 1.99.